The quantitative estimate of drug-likeness (QED) is 0.654. The van der Waals surface area contributed by atoms with E-state index in [1.807, 2.05) is 24.3 Å². The Kier molecular flexibility index (Phi) is 2.84. The first-order chi connectivity index (χ1) is 9.20. The Labute approximate surface area is 117 Å². The van der Waals surface area contributed by atoms with Crippen molar-refractivity contribution >= 4 is 26.8 Å². The highest BCUT2D eigenvalue weighted by Gasteiger charge is 2.12. The third-order valence-corrected chi connectivity index (χ3v) is 3.49. The van der Waals surface area contributed by atoms with Crippen molar-refractivity contribution in [1.29, 1.82) is 5.26 Å². The van der Waals surface area contributed by atoms with Crippen LogP contribution in [0.2, 0.25) is 0 Å². The molecular weight excluding hydrogens is 307 g/mol. The van der Waals surface area contributed by atoms with E-state index in [1.165, 1.54) is 6.07 Å². The maximum Gasteiger partial charge on any atom is 0.148 e. The van der Waals surface area contributed by atoms with E-state index < -0.39 is 0 Å². The number of aromatic nitrogens is 1. The van der Waals surface area contributed by atoms with E-state index in [4.69, 9.17) is 5.26 Å². The van der Waals surface area contributed by atoms with E-state index in [9.17, 15) is 4.39 Å². The van der Waals surface area contributed by atoms with E-state index in [1.54, 1.807) is 22.9 Å². The van der Waals surface area contributed by atoms with Crippen LogP contribution in [0.3, 0.4) is 0 Å². The molecule has 1 aromatic heterocycles. The minimum Gasteiger partial charge on any atom is -0.312 e. The molecule has 0 N–H and O–H groups in total. The van der Waals surface area contributed by atoms with Gasteiger partial charge in [0.1, 0.15) is 11.9 Å². The summed E-state index contributed by atoms with van der Waals surface area (Å²) in [6.45, 7) is 0. The average molecular weight is 315 g/mol. The van der Waals surface area contributed by atoms with Gasteiger partial charge in [0, 0.05) is 16.1 Å². The largest absolute Gasteiger partial charge is 0.312 e. The number of benzene rings is 2. The van der Waals surface area contributed by atoms with Crippen LogP contribution in [0.25, 0.3) is 16.6 Å². The predicted molar refractivity (Wildman–Crippen MR) is 75.6 cm³/mol. The van der Waals surface area contributed by atoms with E-state index in [0.29, 0.717) is 15.7 Å². The summed E-state index contributed by atoms with van der Waals surface area (Å²) >= 11 is 3.24. The lowest BCUT2D eigenvalue weighted by atomic mass is 10.2. The Morgan fingerprint density at radius 3 is 2.68 bits per heavy atom. The zero-order valence-electron chi connectivity index (χ0n) is 9.77. The fourth-order valence-corrected chi connectivity index (χ4v) is 2.48. The predicted octanol–water partition coefficient (Wildman–Crippen LogP) is 4.40. The van der Waals surface area contributed by atoms with Gasteiger partial charge in [0.2, 0.25) is 0 Å². The minimum absolute atomic E-state index is 0.334. The summed E-state index contributed by atoms with van der Waals surface area (Å²) in [7, 11) is 0. The Morgan fingerprint density at radius 2 is 1.95 bits per heavy atom. The Bertz CT molecular complexity index is 815. The molecule has 0 spiro atoms. The van der Waals surface area contributed by atoms with Crippen LogP contribution in [-0.2, 0) is 0 Å². The molecule has 0 aliphatic carbocycles. The summed E-state index contributed by atoms with van der Waals surface area (Å²) in [6.07, 6.45) is 1.66. The van der Waals surface area contributed by atoms with E-state index in [2.05, 4.69) is 22.0 Å². The SMILES string of the molecule is N#Cc1cn(-c2ccc(Br)cc2F)c2ccccc12. The molecule has 0 aliphatic heterocycles. The second kappa shape index (κ2) is 4.52. The summed E-state index contributed by atoms with van der Waals surface area (Å²) in [5.41, 5.74) is 1.79. The van der Waals surface area contributed by atoms with E-state index in [-0.39, 0.29) is 5.82 Å². The molecule has 2 aromatic carbocycles. The van der Waals surface area contributed by atoms with Crippen molar-refractivity contribution in [2.24, 2.45) is 0 Å². The zero-order chi connectivity index (χ0) is 13.4. The molecule has 0 saturated heterocycles. The first kappa shape index (κ1) is 11.9. The summed E-state index contributed by atoms with van der Waals surface area (Å²) in [5.74, 6) is -0.334. The summed E-state index contributed by atoms with van der Waals surface area (Å²) < 4.78 is 16.4. The average Bonchev–Trinajstić information content (AvgIpc) is 2.78. The standard InChI is InChI=1S/C15H8BrFN2/c16-11-5-6-15(13(17)7-11)19-9-10(8-18)12-3-1-2-4-14(12)19/h1-7,9H. The summed E-state index contributed by atoms with van der Waals surface area (Å²) in [6, 6.07) is 14.5. The van der Waals surface area contributed by atoms with Crippen LogP contribution >= 0.6 is 15.9 Å². The molecular formula is C15H8BrFN2. The topological polar surface area (TPSA) is 28.7 Å². The van der Waals surface area contributed by atoms with Crippen molar-refractivity contribution in [2.45, 2.75) is 0 Å². The zero-order valence-corrected chi connectivity index (χ0v) is 11.4. The molecule has 2 nitrogen and oxygen atoms in total. The molecule has 0 unspecified atom stereocenters. The monoisotopic (exact) mass is 314 g/mol. The first-order valence-corrected chi connectivity index (χ1v) is 6.45. The molecule has 0 fully saturated rings. The number of para-hydroxylation sites is 1. The minimum atomic E-state index is -0.334. The highest BCUT2D eigenvalue weighted by atomic mass is 79.9. The van der Waals surface area contributed by atoms with Crippen LogP contribution in [-0.4, -0.2) is 4.57 Å². The van der Waals surface area contributed by atoms with Gasteiger partial charge in [0.05, 0.1) is 16.8 Å². The van der Waals surface area contributed by atoms with Gasteiger partial charge in [-0.15, -0.1) is 0 Å². The maximum absolute atomic E-state index is 14.0. The van der Waals surface area contributed by atoms with Crippen LogP contribution in [0.1, 0.15) is 5.56 Å². The number of nitriles is 1. The number of hydrogen-bond acceptors (Lipinski definition) is 1. The normalized spacial score (nSPS) is 10.6. The van der Waals surface area contributed by atoms with Crippen LogP contribution in [0.4, 0.5) is 4.39 Å². The lowest BCUT2D eigenvalue weighted by Crippen LogP contribution is -1.95. The van der Waals surface area contributed by atoms with Crippen LogP contribution in [0.5, 0.6) is 0 Å². The van der Waals surface area contributed by atoms with Gasteiger partial charge < -0.3 is 4.57 Å². The third kappa shape index (κ3) is 1.92. The Hall–Kier alpha value is -2.12. The van der Waals surface area contributed by atoms with Crippen molar-refractivity contribution in [2.75, 3.05) is 0 Å². The second-order valence-electron chi connectivity index (χ2n) is 4.14. The molecule has 4 heteroatoms. The third-order valence-electron chi connectivity index (χ3n) is 3.00. The van der Waals surface area contributed by atoms with Crippen molar-refractivity contribution in [1.82, 2.24) is 4.57 Å². The molecule has 1 heterocycles. The molecule has 0 atom stereocenters. The van der Waals surface area contributed by atoms with Crippen LogP contribution < -0.4 is 0 Å². The van der Waals surface area contributed by atoms with Gasteiger partial charge in [-0.2, -0.15) is 5.26 Å². The van der Waals surface area contributed by atoms with Gasteiger partial charge in [0.25, 0.3) is 0 Å². The molecule has 92 valence electrons. The smallest absolute Gasteiger partial charge is 0.148 e. The number of halogens is 2. The molecule has 0 aliphatic rings. The maximum atomic E-state index is 14.0. The van der Waals surface area contributed by atoms with Gasteiger partial charge in [0.15, 0.2) is 0 Å². The molecule has 3 rings (SSSR count). The highest BCUT2D eigenvalue weighted by molar-refractivity contribution is 9.10. The second-order valence-corrected chi connectivity index (χ2v) is 5.05. The van der Waals surface area contributed by atoms with Gasteiger partial charge in [-0.1, -0.05) is 34.1 Å². The number of fused-ring (bicyclic) bond motifs is 1. The molecule has 19 heavy (non-hydrogen) atoms. The lowest BCUT2D eigenvalue weighted by Gasteiger charge is -2.06. The molecule has 0 radical (unpaired) electrons. The van der Waals surface area contributed by atoms with Gasteiger partial charge in [-0.25, -0.2) is 4.39 Å². The van der Waals surface area contributed by atoms with Gasteiger partial charge in [-0.05, 0) is 24.3 Å². The highest BCUT2D eigenvalue weighted by Crippen LogP contribution is 2.26. The fourth-order valence-electron chi connectivity index (χ4n) is 2.14. The summed E-state index contributed by atoms with van der Waals surface area (Å²) in [5, 5.41) is 9.97. The molecule has 3 aromatic rings. The fraction of sp³-hybridized carbons (Fsp3) is 0. The van der Waals surface area contributed by atoms with Crippen molar-refractivity contribution in [3.8, 4) is 11.8 Å². The van der Waals surface area contributed by atoms with Crippen molar-refractivity contribution in [3.05, 3.63) is 64.5 Å². The van der Waals surface area contributed by atoms with E-state index in [0.717, 1.165) is 10.9 Å². The lowest BCUT2D eigenvalue weighted by molar-refractivity contribution is 0.619. The summed E-state index contributed by atoms with van der Waals surface area (Å²) in [4.78, 5) is 0. The van der Waals surface area contributed by atoms with Crippen molar-refractivity contribution < 1.29 is 4.39 Å². The Balaban J connectivity index is 2.34. The number of rotatable bonds is 1. The van der Waals surface area contributed by atoms with Crippen LogP contribution in [0, 0.1) is 17.1 Å². The van der Waals surface area contributed by atoms with Gasteiger partial charge in [-0.3, -0.25) is 0 Å². The molecule has 0 saturated carbocycles. The van der Waals surface area contributed by atoms with Crippen molar-refractivity contribution in [3.63, 3.8) is 0 Å². The van der Waals surface area contributed by atoms with Gasteiger partial charge >= 0.3 is 0 Å². The van der Waals surface area contributed by atoms with Crippen LogP contribution in [0.15, 0.2) is 53.1 Å². The first-order valence-electron chi connectivity index (χ1n) is 5.66. The number of hydrogen-bond donors (Lipinski definition) is 0. The molecule has 0 amide bonds. The Morgan fingerprint density at radius 1 is 1.16 bits per heavy atom. The molecule has 0 bridgehead atoms. The number of nitrogens with zero attached hydrogens (tertiary/aromatic N) is 2. The van der Waals surface area contributed by atoms with E-state index >= 15 is 0 Å².